The highest BCUT2D eigenvalue weighted by atomic mass is 32.1. The highest BCUT2D eigenvalue weighted by Crippen LogP contribution is 2.22. The number of aryl methyl sites for hydroxylation is 1. The van der Waals surface area contributed by atoms with Gasteiger partial charge in [0.1, 0.15) is 0 Å². The van der Waals surface area contributed by atoms with Gasteiger partial charge in [-0.25, -0.2) is 0 Å². The van der Waals surface area contributed by atoms with Crippen molar-refractivity contribution in [1.82, 2.24) is 25.3 Å². The monoisotopic (exact) mass is 439 g/mol. The lowest BCUT2D eigenvalue weighted by atomic mass is 10.1. The Balaban J connectivity index is 1.29. The van der Waals surface area contributed by atoms with Crippen molar-refractivity contribution >= 4 is 17.2 Å². The van der Waals surface area contributed by atoms with Gasteiger partial charge in [-0.1, -0.05) is 41.6 Å². The minimum absolute atomic E-state index is 0.00839. The molecule has 1 aliphatic heterocycles. The molecule has 0 spiro atoms. The minimum Gasteiger partial charge on any atom is -0.348 e. The lowest BCUT2D eigenvalue weighted by Crippen LogP contribution is -2.47. The lowest BCUT2D eigenvalue weighted by molar-refractivity contribution is -0.122. The van der Waals surface area contributed by atoms with Crippen molar-refractivity contribution in [3.63, 3.8) is 0 Å². The molecule has 0 saturated carbocycles. The molecule has 1 fully saturated rings. The van der Waals surface area contributed by atoms with Crippen molar-refractivity contribution in [2.45, 2.75) is 25.3 Å². The van der Waals surface area contributed by atoms with Gasteiger partial charge in [0.2, 0.25) is 17.6 Å². The third kappa shape index (κ3) is 6.22. The van der Waals surface area contributed by atoms with Crippen molar-refractivity contribution in [2.24, 2.45) is 0 Å². The second-order valence-electron chi connectivity index (χ2n) is 7.98. The van der Waals surface area contributed by atoms with Gasteiger partial charge in [-0.15, -0.1) is 11.3 Å². The van der Waals surface area contributed by atoms with Gasteiger partial charge in [0.25, 0.3) is 0 Å². The second-order valence-corrected chi connectivity index (χ2v) is 8.92. The molecule has 3 heterocycles. The Morgan fingerprint density at radius 3 is 2.71 bits per heavy atom. The number of amides is 1. The molecular weight excluding hydrogens is 410 g/mol. The Bertz CT molecular complexity index is 936. The fourth-order valence-electron chi connectivity index (χ4n) is 3.74. The Kier molecular flexibility index (Phi) is 7.45. The van der Waals surface area contributed by atoms with Crippen molar-refractivity contribution in [3.8, 4) is 10.7 Å². The SMILES string of the molecule is CN1CCN(CC(NC(=O)CCCc2nc(-c3cccs3)no2)c2ccccc2)CC1. The van der Waals surface area contributed by atoms with Crippen LogP contribution < -0.4 is 5.32 Å². The Morgan fingerprint density at radius 2 is 1.97 bits per heavy atom. The number of thiophene rings is 1. The molecule has 1 aromatic carbocycles. The van der Waals surface area contributed by atoms with Crippen LogP contribution in [-0.2, 0) is 11.2 Å². The van der Waals surface area contributed by atoms with Crippen LogP contribution in [0.4, 0.5) is 0 Å². The highest BCUT2D eigenvalue weighted by Gasteiger charge is 2.21. The average molecular weight is 440 g/mol. The number of hydrogen-bond donors (Lipinski definition) is 1. The second kappa shape index (κ2) is 10.7. The van der Waals surface area contributed by atoms with Crippen LogP contribution in [0.3, 0.4) is 0 Å². The van der Waals surface area contributed by atoms with Gasteiger partial charge in [-0.3, -0.25) is 9.69 Å². The Labute approximate surface area is 187 Å². The van der Waals surface area contributed by atoms with Gasteiger partial charge in [0.05, 0.1) is 10.9 Å². The Morgan fingerprint density at radius 1 is 1.16 bits per heavy atom. The quantitative estimate of drug-likeness (QED) is 0.552. The maximum atomic E-state index is 12.7. The number of rotatable bonds is 9. The number of hydrogen-bond acceptors (Lipinski definition) is 7. The van der Waals surface area contributed by atoms with Crippen molar-refractivity contribution in [1.29, 1.82) is 0 Å². The smallest absolute Gasteiger partial charge is 0.226 e. The maximum absolute atomic E-state index is 12.7. The first-order valence-electron chi connectivity index (χ1n) is 10.8. The summed E-state index contributed by atoms with van der Waals surface area (Å²) in [6.45, 7) is 5.01. The molecule has 4 rings (SSSR count). The number of aromatic nitrogens is 2. The van der Waals surface area contributed by atoms with E-state index < -0.39 is 0 Å². The highest BCUT2D eigenvalue weighted by molar-refractivity contribution is 7.13. The van der Waals surface area contributed by atoms with Gasteiger partial charge in [0.15, 0.2) is 0 Å². The average Bonchev–Trinajstić information content (AvgIpc) is 3.47. The summed E-state index contributed by atoms with van der Waals surface area (Å²) >= 11 is 1.58. The Hall–Kier alpha value is -2.55. The first kappa shape index (κ1) is 21.7. The van der Waals surface area contributed by atoms with E-state index in [0.717, 1.165) is 43.2 Å². The standard InChI is InChI=1S/C23H29N5O2S/c1-27-12-14-28(15-13-27)17-19(18-7-3-2-4-8-18)24-21(29)10-5-11-22-25-23(26-30-22)20-9-6-16-31-20/h2-4,6-9,16,19H,5,10-15,17H2,1H3,(H,24,29). The van der Waals surface area contributed by atoms with E-state index >= 15 is 0 Å². The summed E-state index contributed by atoms with van der Waals surface area (Å²) in [5.41, 5.74) is 1.15. The van der Waals surface area contributed by atoms with Crippen LogP contribution in [0.15, 0.2) is 52.4 Å². The molecule has 0 radical (unpaired) electrons. The van der Waals surface area contributed by atoms with Crippen LogP contribution in [0.2, 0.25) is 0 Å². The number of nitrogens with zero attached hydrogens (tertiary/aromatic N) is 4. The number of likely N-dealkylation sites (N-methyl/N-ethyl adjacent to an activating group) is 1. The molecule has 1 atom stereocenters. The molecule has 7 nitrogen and oxygen atoms in total. The fourth-order valence-corrected chi connectivity index (χ4v) is 4.39. The molecule has 2 aromatic heterocycles. The molecule has 31 heavy (non-hydrogen) atoms. The largest absolute Gasteiger partial charge is 0.348 e. The van der Waals surface area contributed by atoms with Crippen LogP contribution in [0.25, 0.3) is 10.7 Å². The third-order valence-electron chi connectivity index (χ3n) is 5.58. The van der Waals surface area contributed by atoms with Gasteiger partial charge in [-0.05, 0) is 30.5 Å². The molecule has 1 amide bonds. The summed E-state index contributed by atoms with van der Waals surface area (Å²) in [5, 5.41) is 9.26. The molecule has 8 heteroatoms. The molecule has 1 N–H and O–H groups in total. The third-order valence-corrected chi connectivity index (χ3v) is 6.44. The van der Waals surface area contributed by atoms with E-state index in [9.17, 15) is 4.79 Å². The predicted molar refractivity (Wildman–Crippen MR) is 122 cm³/mol. The van der Waals surface area contributed by atoms with Crippen LogP contribution in [0.1, 0.15) is 30.3 Å². The number of piperazine rings is 1. The fraction of sp³-hybridized carbons (Fsp3) is 0.435. The summed E-state index contributed by atoms with van der Waals surface area (Å²) in [6.07, 6.45) is 1.71. The van der Waals surface area contributed by atoms with Gasteiger partial charge in [0, 0.05) is 45.6 Å². The van der Waals surface area contributed by atoms with Gasteiger partial charge in [-0.2, -0.15) is 4.98 Å². The van der Waals surface area contributed by atoms with E-state index in [1.54, 1.807) is 11.3 Å². The van der Waals surface area contributed by atoms with E-state index in [1.807, 2.05) is 35.7 Å². The maximum Gasteiger partial charge on any atom is 0.226 e. The summed E-state index contributed by atoms with van der Waals surface area (Å²) in [4.78, 5) is 22.9. The topological polar surface area (TPSA) is 74.5 Å². The summed E-state index contributed by atoms with van der Waals surface area (Å²) in [5.74, 6) is 1.25. The van der Waals surface area contributed by atoms with Crippen LogP contribution >= 0.6 is 11.3 Å². The molecule has 1 unspecified atom stereocenters. The predicted octanol–water partition coefficient (Wildman–Crippen LogP) is 3.23. The van der Waals surface area contributed by atoms with E-state index in [4.69, 9.17) is 4.52 Å². The lowest BCUT2D eigenvalue weighted by Gasteiger charge is -2.35. The van der Waals surface area contributed by atoms with E-state index in [2.05, 4.69) is 44.4 Å². The number of carbonyl (C=O) groups excluding carboxylic acids is 1. The molecule has 1 saturated heterocycles. The molecule has 0 bridgehead atoms. The van der Waals surface area contributed by atoms with Crippen molar-refractivity contribution < 1.29 is 9.32 Å². The molecule has 164 valence electrons. The number of nitrogens with one attached hydrogen (secondary N) is 1. The summed E-state index contributed by atoms with van der Waals surface area (Å²) in [6, 6.07) is 14.2. The van der Waals surface area contributed by atoms with Crippen LogP contribution in [-0.4, -0.2) is 65.6 Å². The van der Waals surface area contributed by atoms with Crippen molar-refractivity contribution in [2.75, 3.05) is 39.8 Å². The summed E-state index contributed by atoms with van der Waals surface area (Å²) in [7, 11) is 2.15. The zero-order valence-electron chi connectivity index (χ0n) is 17.9. The van der Waals surface area contributed by atoms with Gasteiger partial charge < -0.3 is 14.7 Å². The van der Waals surface area contributed by atoms with E-state index in [-0.39, 0.29) is 11.9 Å². The minimum atomic E-state index is -0.00839. The van der Waals surface area contributed by atoms with Crippen LogP contribution in [0, 0.1) is 0 Å². The normalized spacial score (nSPS) is 16.3. The summed E-state index contributed by atoms with van der Waals surface area (Å²) < 4.78 is 5.33. The molecule has 1 aliphatic rings. The first-order chi connectivity index (χ1) is 15.2. The number of benzene rings is 1. The van der Waals surface area contributed by atoms with E-state index in [0.29, 0.717) is 31.0 Å². The molecule has 3 aromatic rings. The molecule has 0 aliphatic carbocycles. The van der Waals surface area contributed by atoms with Crippen LogP contribution in [0.5, 0.6) is 0 Å². The number of carbonyl (C=O) groups is 1. The zero-order chi connectivity index (χ0) is 21.5. The van der Waals surface area contributed by atoms with Crippen molar-refractivity contribution in [3.05, 3.63) is 59.3 Å². The molecular formula is C23H29N5O2S. The van der Waals surface area contributed by atoms with E-state index in [1.165, 1.54) is 0 Å². The van der Waals surface area contributed by atoms with Gasteiger partial charge >= 0.3 is 0 Å². The first-order valence-corrected chi connectivity index (χ1v) is 11.7. The zero-order valence-corrected chi connectivity index (χ0v) is 18.7.